The van der Waals surface area contributed by atoms with E-state index in [2.05, 4.69) is 50.1 Å². The number of nitrogens with one attached hydrogen (secondary N) is 1. The van der Waals surface area contributed by atoms with Crippen molar-refractivity contribution in [3.8, 4) is 28.7 Å². The standard InChI is InChI=1S/C28H36N6O2/c1-28(2,35)10-7-20-5-6-21(15-30-3)23(13-20)19-36-26-14-22(16-31-27(26)29)24-17-32-34(18-24)25-8-11-33(4)12-9-25/h5-6,13-14,16-18,25,30,35H,8-9,11-12,15,19H2,1-4H3,(H2,29,31). The van der Waals surface area contributed by atoms with Gasteiger partial charge in [0.05, 0.1) is 12.2 Å². The highest BCUT2D eigenvalue weighted by atomic mass is 16.5. The number of rotatable bonds is 7. The van der Waals surface area contributed by atoms with E-state index in [1.807, 2.05) is 37.5 Å². The Kier molecular flexibility index (Phi) is 7.94. The Labute approximate surface area is 213 Å². The van der Waals surface area contributed by atoms with Gasteiger partial charge in [-0.3, -0.25) is 4.68 Å². The van der Waals surface area contributed by atoms with E-state index in [1.165, 1.54) is 0 Å². The summed E-state index contributed by atoms with van der Waals surface area (Å²) in [6, 6.07) is 8.31. The summed E-state index contributed by atoms with van der Waals surface area (Å²) in [4.78, 5) is 6.73. The molecular formula is C28H36N6O2. The zero-order chi connectivity index (χ0) is 25.7. The first-order chi connectivity index (χ1) is 17.2. The zero-order valence-electron chi connectivity index (χ0n) is 21.6. The fourth-order valence-electron chi connectivity index (χ4n) is 4.26. The van der Waals surface area contributed by atoms with E-state index in [0.717, 1.165) is 53.7 Å². The number of anilines is 1. The minimum atomic E-state index is -1.05. The van der Waals surface area contributed by atoms with E-state index in [-0.39, 0.29) is 0 Å². The zero-order valence-corrected chi connectivity index (χ0v) is 21.6. The summed E-state index contributed by atoms with van der Waals surface area (Å²) in [5, 5.41) is 17.8. The Hall–Kier alpha value is -3.38. The number of aromatic nitrogens is 3. The molecular weight excluding hydrogens is 452 g/mol. The number of ether oxygens (including phenoxy) is 1. The number of piperidine rings is 1. The monoisotopic (exact) mass is 488 g/mol. The number of nitrogen functional groups attached to an aromatic ring is 1. The van der Waals surface area contributed by atoms with Crippen LogP contribution in [-0.4, -0.2) is 57.6 Å². The van der Waals surface area contributed by atoms with Gasteiger partial charge >= 0.3 is 0 Å². The molecule has 1 aliphatic rings. The normalized spacial score (nSPS) is 14.9. The number of aliphatic hydroxyl groups is 1. The molecule has 8 heteroatoms. The fourth-order valence-corrected chi connectivity index (χ4v) is 4.26. The van der Waals surface area contributed by atoms with Crippen LogP contribution in [0, 0.1) is 11.8 Å². The maximum Gasteiger partial charge on any atom is 0.166 e. The lowest BCUT2D eigenvalue weighted by Crippen LogP contribution is -2.31. The van der Waals surface area contributed by atoms with Gasteiger partial charge in [-0.15, -0.1) is 0 Å². The molecule has 190 valence electrons. The third kappa shape index (κ3) is 6.64. The van der Waals surface area contributed by atoms with E-state index in [4.69, 9.17) is 10.5 Å². The Bertz CT molecular complexity index is 1240. The molecule has 0 atom stereocenters. The van der Waals surface area contributed by atoms with Crippen molar-refractivity contribution in [1.82, 2.24) is 25.0 Å². The second-order valence-corrected chi connectivity index (χ2v) is 9.96. The summed E-state index contributed by atoms with van der Waals surface area (Å²) in [7, 11) is 4.07. The van der Waals surface area contributed by atoms with Crippen LogP contribution >= 0.6 is 0 Å². The summed E-state index contributed by atoms with van der Waals surface area (Å²) in [5.41, 5.74) is 9.93. The molecule has 4 N–H and O–H groups in total. The van der Waals surface area contributed by atoms with Crippen LogP contribution in [0.4, 0.5) is 5.82 Å². The first-order valence-corrected chi connectivity index (χ1v) is 12.3. The number of hydrogen-bond acceptors (Lipinski definition) is 7. The summed E-state index contributed by atoms with van der Waals surface area (Å²) in [6.45, 7) is 6.52. The average Bonchev–Trinajstić information content (AvgIpc) is 3.34. The lowest BCUT2D eigenvalue weighted by atomic mass is 10.0. The molecule has 2 aromatic heterocycles. The average molecular weight is 489 g/mol. The highest BCUT2D eigenvalue weighted by Crippen LogP contribution is 2.29. The Morgan fingerprint density at radius 3 is 2.67 bits per heavy atom. The maximum absolute atomic E-state index is 9.94. The predicted molar refractivity (Wildman–Crippen MR) is 142 cm³/mol. The molecule has 36 heavy (non-hydrogen) atoms. The van der Waals surface area contributed by atoms with Gasteiger partial charge in [-0.1, -0.05) is 17.9 Å². The smallest absolute Gasteiger partial charge is 0.166 e. The van der Waals surface area contributed by atoms with Crippen molar-refractivity contribution in [2.75, 3.05) is 32.9 Å². The molecule has 1 aromatic carbocycles. The molecule has 0 aliphatic carbocycles. The van der Waals surface area contributed by atoms with E-state index in [9.17, 15) is 5.11 Å². The number of pyridine rings is 1. The minimum absolute atomic E-state index is 0.319. The third-order valence-electron chi connectivity index (χ3n) is 6.35. The highest BCUT2D eigenvalue weighted by Gasteiger charge is 2.19. The number of hydrogen-bond donors (Lipinski definition) is 3. The van der Waals surface area contributed by atoms with Crippen LogP contribution in [-0.2, 0) is 13.2 Å². The highest BCUT2D eigenvalue weighted by molar-refractivity contribution is 5.65. The van der Waals surface area contributed by atoms with Gasteiger partial charge in [-0.2, -0.15) is 5.10 Å². The third-order valence-corrected chi connectivity index (χ3v) is 6.35. The maximum atomic E-state index is 9.94. The quantitative estimate of drug-likeness (QED) is 0.439. The number of nitrogens with zero attached hydrogens (tertiary/aromatic N) is 4. The van der Waals surface area contributed by atoms with Gasteiger partial charge in [0.25, 0.3) is 0 Å². The first kappa shape index (κ1) is 25.7. The van der Waals surface area contributed by atoms with E-state index in [0.29, 0.717) is 30.8 Å². The predicted octanol–water partition coefficient (Wildman–Crippen LogP) is 3.21. The number of benzene rings is 1. The molecule has 1 fully saturated rings. The van der Waals surface area contributed by atoms with Gasteiger partial charge in [0, 0.05) is 35.6 Å². The summed E-state index contributed by atoms with van der Waals surface area (Å²) < 4.78 is 8.23. The summed E-state index contributed by atoms with van der Waals surface area (Å²) in [6.07, 6.45) is 7.92. The molecule has 1 saturated heterocycles. The van der Waals surface area contributed by atoms with E-state index < -0.39 is 5.60 Å². The van der Waals surface area contributed by atoms with Crippen molar-refractivity contribution in [2.45, 2.75) is 51.5 Å². The van der Waals surface area contributed by atoms with Crippen molar-refractivity contribution >= 4 is 5.82 Å². The van der Waals surface area contributed by atoms with Gasteiger partial charge in [0.15, 0.2) is 11.6 Å². The molecule has 0 spiro atoms. The molecule has 1 aliphatic heterocycles. The lowest BCUT2D eigenvalue weighted by Gasteiger charge is -2.28. The summed E-state index contributed by atoms with van der Waals surface area (Å²) in [5.74, 6) is 6.78. The van der Waals surface area contributed by atoms with Crippen molar-refractivity contribution in [2.24, 2.45) is 0 Å². The van der Waals surface area contributed by atoms with Crippen molar-refractivity contribution in [1.29, 1.82) is 0 Å². The fraction of sp³-hybridized carbons (Fsp3) is 0.429. The van der Waals surface area contributed by atoms with Crippen LogP contribution in [0.1, 0.15) is 49.4 Å². The number of likely N-dealkylation sites (tertiary alicyclic amines) is 1. The van der Waals surface area contributed by atoms with Crippen LogP contribution in [0.25, 0.3) is 11.1 Å². The first-order valence-electron chi connectivity index (χ1n) is 12.3. The largest absolute Gasteiger partial charge is 0.485 e. The molecule has 4 rings (SSSR count). The van der Waals surface area contributed by atoms with Gasteiger partial charge in [-0.05, 0) is 83.2 Å². The van der Waals surface area contributed by atoms with Crippen LogP contribution in [0.3, 0.4) is 0 Å². The van der Waals surface area contributed by atoms with Gasteiger partial charge in [-0.25, -0.2) is 4.98 Å². The number of nitrogens with two attached hydrogens (primary N) is 1. The second kappa shape index (κ2) is 11.1. The van der Waals surface area contributed by atoms with E-state index in [1.54, 1.807) is 20.0 Å². The molecule has 8 nitrogen and oxygen atoms in total. The molecule has 3 heterocycles. The molecule has 3 aromatic rings. The van der Waals surface area contributed by atoms with Crippen molar-refractivity contribution in [3.63, 3.8) is 0 Å². The van der Waals surface area contributed by atoms with Crippen LogP contribution in [0.2, 0.25) is 0 Å². The van der Waals surface area contributed by atoms with Crippen molar-refractivity contribution < 1.29 is 9.84 Å². The SMILES string of the molecule is CNCc1ccc(C#CC(C)(C)O)cc1COc1cc(-c2cnn(C3CCN(C)CC3)c2)cnc1N. The lowest BCUT2D eigenvalue weighted by molar-refractivity contribution is 0.143. The van der Waals surface area contributed by atoms with Gasteiger partial charge < -0.3 is 25.8 Å². The Morgan fingerprint density at radius 1 is 1.17 bits per heavy atom. The summed E-state index contributed by atoms with van der Waals surface area (Å²) >= 11 is 0. The van der Waals surface area contributed by atoms with Gasteiger partial charge in [0.1, 0.15) is 12.2 Å². The van der Waals surface area contributed by atoms with Crippen LogP contribution in [0.15, 0.2) is 42.9 Å². The molecule has 0 amide bonds. The van der Waals surface area contributed by atoms with Crippen LogP contribution < -0.4 is 15.8 Å². The molecule has 0 unspecified atom stereocenters. The second-order valence-electron chi connectivity index (χ2n) is 9.96. The van der Waals surface area contributed by atoms with Crippen LogP contribution in [0.5, 0.6) is 5.75 Å². The topological polar surface area (TPSA) is 101 Å². The molecule has 0 saturated carbocycles. The van der Waals surface area contributed by atoms with Crippen molar-refractivity contribution in [3.05, 3.63) is 59.5 Å². The van der Waals surface area contributed by atoms with Gasteiger partial charge in [0.2, 0.25) is 0 Å². The Morgan fingerprint density at radius 2 is 1.94 bits per heavy atom. The minimum Gasteiger partial charge on any atom is -0.485 e. The van der Waals surface area contributed by atoms with E-state index >= 15 is 0 Å². The molecule has 0 bridgehead atoms. The Balaban J connectivity index is 1.52. The molecule has 0 radical (unpaired) electrons.